The molecule has 0 aromatic heterocycles. The minimum atomic E-state index is -3.19. The maximum Gasteiger partial charge on any atom is 0.149 e. The van der Waals surface area contributed by atoms with E-state index < -0.39 is 18.9 Å². The first-order chi connectivity index (χ1) is 16.0. The maximum atomic E-state index is 15.1. The van der Waals surface area contributed by atoms with Gasteiger partial charge in [0.25, 0.3) is 0 Å². The summed E-state index contributed by atoms with van der Waals surface area (Å²) in [6.45, 7) is 6.39. The van der Waals surface area contributed by atoms with Crippen LogP contribution in [0.1, 0.15) is 39.2 Å². The number of benzene rings is 3. The van der Waals surface area contributed by atoms with Crippen LogP contribution in [0.5, 0.6) is 0 Å². The molecule has 0 bridgehead atoms. The third kappa shape index (κ3) is 6.12. The smallest absolute Gasteiger partial charge is 0.149 e. The second kappa shape index (κ2) is 12.1. The molecule has 3 atom stereocenters. The van der Waals surface area contributed by atoms with E-state index in [1.54, 1.807) is 0 Å². The van der Waals surface area contributed by atoms with Crippen molar-refractivity contribution in [2.45, 2.75) is 58.1 Å². The van der Waals surface area contributed by atoms with Crippen LogP contribution in [0.2, 0.25) is 0 Å². The predicted octanol–water partition coefficient (Wildman–Crippen LogP) is 6.08. The molecule has 174 valence electrons. The van der Waals surface area contributed by atoms with Gasteiger partial charge in [-0.2, -0.15) is 0 Å². The molecule has 1 N–H and O–H groups in total. The molecule has 3 nitrogen and oxygen atoms in total. The molecule has 0 saturated heterocycles. The lowest BCUT2D eigenvalue weighted by Crippen LogP contribution is -2.38. The van der Waals surface area contributed by atoms with Gasteiger partial charge in [0.05, 0.1) is 24.5 Å². The van der Waals surface area contributed by atoms with Crippen LogP contribution in [0.15, 0.2) is 103 Å². The summed E-state index contributed by atoms with van der Waals surface area (Å²) < 4.78 is 21.3. The highest BCUT2D eigenvalue weighted by molar-refractivity contribution is 7.79. The molecule has 4 heteroatoms. The molecular weight excluding hydrogens is 427 g/mol. The van der Waals surface area contributed by atoms with Gasteiger partial charge in [-0.3, -0.25) is 0 Å². The van der Waals surface area contributed by atoms with Gasteiger partial charge in [-0.1, -0.05) is 104 Å². The molecule has 0 amide bonds. The van der Waals surface area contributed by atoms with Crippen molar-refractivity contribution >= 4 is 17.8 Å². The molecule has 0 radical (unpaired) electrons. The Kier molecular flexibility index (Phi) is 9.26. The summed E-state index contributed by atoms with van der Waals surface area (Å²) in [6.07, 6.45) is 2.21. The Bertz CT molecular complexity index is 1000. The third-order valence-electron chi connectivity index (χ3n) is 6.32. The number of allylic oxidation sites excluding steroid dienone is 1. The lowest BCUT2D eigenvalue weighted by molar-refractivity contribution is 0.0253. The average molecular weight is 463 g/mol. The van der Waals surface area contributed by atoms with E-state index in [-0.39, 0.29) is 6.10 Å². The van der Waals surface area contributed by atoms with Gasteiger partial charge in [0, 0.05) is 10.6 Å². The Morgan fingerprint density at radius 3 is 1.85 bits per heavy atom. The molecule has 0 saturated carbocycles. The number of aliphatic hydroxyl groups is 1. The maximum absolute atomic E-state index is 15.1. The van der Waals surface area contributed by atoms with Crippen molar-refractivity contribution in [1.29, 1.82) is 0 Å². The highest BCUT2D eigenvalue weighted by Gasteiger charge is 2.42. The van der Waals surface area contributed by atoms with Crippen molar-refractivity contribution in [2.75, 3.05) is 0 Å². The highest BCUT2D eigenvalue weighted by atomic mass is 31.2. The van der Waals surface area contributed by atoms with Crippen LogP contribution in [0.3, 0.4) is 0 Å². The van der Waals surface area contributed by atoms with E-state index in [0.29, 0.717) is 13.0 Å². The fraction of sp³-hybridized carbons (Fsp3) is 0.310. The zero-order valence-corrected chi connectivity index (χ0v) is 20.7. The van der Waals surface area contributed by atoms with E-state index in [1.807, 2.05) is 111 Å². The molecule has 3 aromatic rings. The lowest BCUT2D eigenvalue weighted by Gasteiger charge is -2.35. The van der Waals surface area contributed by atoms with Gasteiger partial charge >= 0.3 is 0 Å². The Morgan fingerprint density at radius 2 is 1.39 bits per heavy atom. The molecule has 0 aliphatic carbocycles. The van der Waals surface area contributed by atoms with Gasteiger partial charge in [0.15, 0.2) is 0 Å². The third-order valence-corrected chi connectivity index (χ3v) is 9.88. The summed E-state index contributed by atoms with van der Waals surface area (Å²) in [7, 11) is -3.19. The van der Waals surface area contributed by atoms with E-state index >= 15 is 4.57 Å². The molecule has 0 fully saturated rings. The molecule has 3 rings (SSSR count). The van der Waals surface area contributed by atoms with Crippen LogP contribution in [-0.2, 0) is 15.9 Å². The zero-order valence-electron chi connectivity index (χ0n) is 19.8. The topological polar surface area (TPSA) is 46.5 Å². The average Bonchev–Trinajstić information content (AvgIpc) is 2.89. The van der Waals surface area contributed by atoms with E-state index in [9.17, 15) is 5.11 Å². The second-order valence-corrected chi connectivity index (χ2v) is 11.4. The molecule has 0 heterocycles. The molecule has 0 unspecified atom stereocenters. The fourth-order valence-corrected chi connectivity index (χ4v) is 7.65. The van der Waals surface area contributed by atoms with E-state index in [0.717, 1.165) is 28.2 Å². The summed E-state index contributed by atoms with van der Waals surface area (Å²) >= 11 is 0. The van der Waals surface area contributed by atoms with Crippen molar-refractivity contribution in [3.05, 3.63) is 108 Å². The molecule has 3 aromatic carbocycles. The zero-order chi connectivity index (χ0) is 23.7. The number of rotatable bonds is 11. The van der Waals surface area contributed by atoms with Gasteiger partial charge < -0.3 is 14.4 Å². The van der Waals surface area contributed by atoms with Crippen molar-refractivity contribution < 1.29 is 14.4 Å². The molecule has 0 spiro atoms. The number of hydrogen-bond acceptors (Lipinski definition) is 3. The van der Waals surface area contributed by atoms with Crippen molar-refractivity contribution in [3.63, 3.8) is 0 Å². The minimum Gasteiger partial charge on any atom is -0.388 e. The van der Waals surface area contributed by atoms with Crippen molar-refractivity contribution in [2.24, 2.45) is 0 Å². The molecular formula is C29H35O3P. The van der Waals surface area contributed by atoms with Gasteiger partial charge in [0.2, 0.25) is 0 Å². The Balaban J connectivity index is 2.02. The van der Waals surface area contributed by atoms with Gasteiger partial charge in [-0.25, -0.2) is 0 Å². The SMILES string of the molecule is C/C=C(\C)[C@H](O)[C@H](C[C@@H](CC)OCc1ccccc1)P(=O)(c1ccccc1)c1ccccc1. The largest absolute Gasteiger partial charge is 0.388 e. The Hall–Kier alpha value is -2.45. The van der Waals surface area contributed by atoms with Gasteiger partial charge in [0.1, 0.15) is 7.14 Å². The molecule has 33 heavy (non-hydrogen) atoms. The van der Waals surface area contributed by atoms with Crippen LogP contribution < -0.4 is 10.6 Å². The quantitative estimate of drug-likeness (QED) is 0.277. The minimum absolute atomic E-state index is 0.129. The Labute approximate surface area is 198 Å². The van der Waals surface area contributed by atoms with Crippen molar-refractivity contribution in [1.82, 2.24) is 0 Å². The van der Waals surface area contributed by atoms with Crippen LogP contribution in [0.25, 0.3) is 0 Å². The predicted molar refractivity (Wildman–Crippen MR) is 139 cm³/mol. The van der Waals surface area contributed by atoms with Gasteiger partial charge in [-0.15, -0.1) is 0 Å². The summed E-state index contributed by atoms with van der Waals surface area (Å²) in [5.74, 6) is 0. The first kappa shape index (κ1) is 25.2. The Morgan fingerprint density at radius 1 is 0.909 bits per heavy atom. The van der Waals surface area contributed by atoms with E-state index in [4.69, 9.17) is 4.74 Å². The van der Waals surface area contributed by atoms with Crippen molar-refractivity contribution in [3.8, 4) is 0 Å². The van der Waals surface area contributed by atoms with Crippen LogP contribution in [0.4, 0.5) is 0 Å². The van der Waals surface area contributed by atoms with Crippen LogP contribution >= 0.6 is 7.14 Å². The first-order valence-corrected chi connectivity index (χ1v) is 13.5. The molecule has 0 aliphatic rings. The lowest BCUT2D eigenvalue weighted by atomic mass is 10.0. The fourth-order valence-electron chi connectivity index (χ4n) is 4.19. The standard InChI is InChI=1S/C29H35O3P/c1-4-23(3)29(30)28(21-25(5-2)32-22-24-15-9-6-10-16-24)33(31,26-17-11-7-12-18-26)27-19-13-8-14-20-27/h4,6-20,25,28-30H,5,21-22H2,1-3H3/b23-4+/t25-,28+,29+/m1/s1. The summed E-state index contributed by atoms with van der Waals surface area (Å²) in [5.41, 5.74) is 1.43. The van der Waals surface area contributed by atoms with E-state index in [2.05, 4.69) is 6.92 Å². The highest BCUT2D eigenvalue weighted by Crippen LogP contribution is 2.53. The monoisotopic (exact) mass is 462 g/mol. The van der Waals surface area contributed by atoms with E-state index in [1.165, 1.54) is 0 Å². The number of aliphatic hydroxyl groups excluding tert-OH is 1. The first-order valence-electron chi connectivity index (χ1n) is 11.7. The van der Waals surface area contributed by atoms with Crippen LogP contribution in [-0.4, -0.2) is 23.0 Å². The summed E-state index contributed by atoms with van der Waals surface area (Å²) in [6, 6.07) is 29.3. The normalized spacial score (nSPS) is 15.1. The van der Waals surface area contributed by atoms with Gasteiger partial charge in [-0.05, 0) is 37.8 Å². The number of hydrogen-bond donors (Lipinski definition) is 1. The molecule has 0 aliphatic heterocycles. The van der Waals surface area contributed by atoms with Crippen LogP contribution in [0, 0.1) is 0 Å². The summed E-state index contributed by atoms with van der Waals surface area (Å²) in [5, 5.41) is 13.0. The number of ether oxygens (including phenoxy) is 1. The second-order valence-electron chi connectivity index (χ2n) is 8.44. The summed E-state index contributed by atoms with van der Waals surface area (Å²) in [4.78, 5) is 0.